The van der Waals surface area contributed by atoms with Crippen molar-refractivity contribution in [2.45, 2.75) is 0 Å². The third kappa shape index (κ3) is 3.84. The zero-order valence-corrected chi connectivity index (χ0v) is 18.3. The number of fused-ring (bicyclic) bond motifs is 1. The Hall–Kier alpha value is -3.68. The molecule has 0 fully saturated rings. The molecular formula is C24H16ClN3O3S. The lowest BCUT2D eigenvalue weighted by atomic mass is 10.2. The van der Waals surface area contributed by atoms with Gasteiger partial charge in [-0.1, -0.05) is 47.7 Å². The topological polar surface area (TPSA) is 69.6 Å². The first-order valence-electron chi connectivity index (χ1n) is 9.72. The Kier molecular flexibility index (Phi) is 5.34. The van der Waals surface area contributed by atoms with Crippen molar-refractivity contribution in [1.29, 1.82) is 0 Å². The van der Waals surface area contributed by atoms with Crippen LogP contribution in [0.1, 0.15) is 5.76 Å². The number of thiazole rings is 1. The van der Waals surface area contributed by atoms with Crippen molar-refractivity contribution in [2.75, 3.05) is 6.61 Å². The van der Waals surface area contributed by atoms with E-state index in [0.29, 0.717) is 38.5 Å². The zero-order valence-electron chi connectivity index (χ0n) is 16.7. The number of hydrogen-bond donors (Lipinski definition) is 0. The highest BCUT2D eigenvalue weighted by Crippen LogP contribution is 2.29. The predicted octanol–water partition coefficient (Wildman–Crippen LogP) is 4.84. The molecule has 158 valence electrons. The quantitative estimate of drug-likeness (QED) is 0.338. The van der Waals surface area contributed by atoms with Crippen LogP contribution in [0.25, 0.3) is 33.7 Å². The average Bonchev–Trinajstić information content (AvgIpc) is 3.51. The summed E-state index contributed by atoms with van der Waals surface area (Å²) >= 11 is 7.50. The number of nitrogens with zero attached hydrogens (tertiary/aromatic N) is 3. The van der Waals surface area contributed by atoms with E-state index in [1.807, 2.05) is 48.5 Å². The van der Waals surface area contributed by atoms with Gasteiger partial charge in [0.15, 0.2) is 5.82 Å². The summed E-state index contributed by atoms with van der Waals surface area (Å²) in [6.45, 7) is 4.07. The summed E-state index contributed by atoms with van der Waals surface area (Å²) < 4.78 is 13.2. The Morgan fingerprint density at radius 1 is 1.12 bits per heavy atom. The molecule has 32 heavy (non-hydrogen) atoms. The van der Waals surface area contributed by atoms with Crippen molar-refractivity contribution < 1.29 is 9.15 Å². The maximum Gasteiger partial charge on any atom is 0.291 e. The van der Waals surface area contributed by atoms with Crippen LogP contribution in [0.4, 0.5) is 0 Å². The Labute approximate surface area is 191 Å². The molecule has 0 spiro atoms. The molecular weight excluding hydrogens is 446 g/mol. The van der Waals surface area contributed by atoms with Gasteiger partial charge in [-0.15, -0.1) is 5.10 Å². The summed E-state index contributed by atoms with van der Waals surface area (Å²) in [5.41, 5.74) is 1.35. The number of halogens is 1. The number of benzene rings is 2. The monoisotopic (exact) mass is 461 g/mol. The van der Waals surface area contributed by atoms with Crippen LogP contribution < -0.4 is 14.8 Å². The molecule has 0 aliphatic rings. The molecule has 0 amide bonds. The Morgan fingerprint density at radius 3 is 2.69 bits per heavy atom. The van der Waals surface area contributed by atoms with Crippen LogP contribution in [0.15, 0.2) is 82.5 Å². The summed E-state index contributed by atoms with van der Waals surface area (Å²) in [6.07, 6.45) is 3.37. The molecule has 2 aromatic carbocycles. The van der Waals surface area contributed by atoms with Gasteiger partial charge in [0.2, 0.25) is 4.96 Å². The maximum atomic E-state index is 12.8. The second-order valence-corrected chi connectivity index (χ2v) is 8.27. The zero-order chi connectivity index (χ0) is 22.1. The van der Waals surface area contributed by atoms with Gasteiger partial charge in [0.1, 0.15) is 28.4 Å². The van der Waals surface area contributed by atoms with E-state index in [4.69, 9.17) is 20.8 Å². The third-order valence-electron chi connectivity index (χ3n) is 4.70. The van der Waals surface area contributed by atoms with Crippen LogP contribution in [0.2, 0.25) is 5.02 Å². The minimum atomic E-state index is -0.245. The molecule has 0 atom stereocenters. The van der Waals surface area contributed by atoms with Crippen LogP contribution in [-0.2, 0) is 0 Å². The fourth-order valence-electron chi connectivity index (χ4n) is 3.18. The molecule has 5 aromatic rings. The molecule has 3 aromatic heterocycles. The van der Waals surface area contributed by atoms with E-state index in [0.717, 1.165) is 16.9 Å². The fourth-order valence-corrected chi connectivity index (χ4v) is 4.29. The standard InChI is InChI=1S/C24H16ClN3O3S/c1-2-13-30-16-9-7-15(8-10-16)22-26-24-28(27-22)23(29)21(32-24)14-17-11-12-20(31-17)18-5-3-4-6-19(18)25/h2-12,14H,1,13H2/b21-14+. The van der Waals surface area contributed by atoms with Gasteiger partial charge in [-0.3, -0.25) is 4.79 Å². The molecule has 5 rings (SSSR count). The number of rotatable bonds is 6. The second-order valence-electron chi connectivity index (χ2n) is 6.85. The molecule has 0 aliphatic carbocycles. The van der Waals surface area contributed by atoms with Gasteiger partial charge in [0, 0.05) is 17.2 Å². The van der Waals surface area contributed by atoms with Crippen LogP contribution in [0.5, 0.6) is 5.75 Å². The average molecular weight is 462 g/mol. The minimum Gasteiger partial charge on any atom is -0.490 e. The van der Waals surface area contributed by atoms with Crippen LogP contribution in [0, 0.1) is 0 Å². The summed E-state index contributed by atoms with van der Waals surface area (Å²) in [4.78, 5) is 17.9. The first-order valence-corrected chi connectivity index (χ1v) is 10.9. The molecule has 0 radical (unpaired) electrons. The van der Waals surface area contributed by atoms with E-state index in [1.165, 1.54) is 15.9 Å². The van der Waals surface area contributed by atoms with Crippen molar-refractivity contribution in [3.63, 3.8) is 0 Å². The number of furan rings is 1. The van der Waals surface area contributed by atoms with Crippen molar-refractivity contribution >= 4 is 34.0 Å². The third-order valence-corrected chi connectivity index (χ3v) is 5.99. The number of hydrogen-bond acceptors (Lipinski definition) is 6. The van der Waals surface area contributed by atoms with E-state index < -0.39 is 0 Å². The van der Waals surface area contributed by atoms with Crippen LogP contribution in [-0.4, -0.2) is 21.2 Å². The fraction of sp³-hybridized carbons (Fsp3) is 0.0417. The largest absolute Gasteiger partial charge is 0.490 e. The number of ether oxygens (including phenoxy) is 1. The molecule has 0 saturated heterocycles. The molecule has 6 nitrogen and oxygen atoms in total. The lowest BCUT2D eigenvalue weighted by molar-refractivity contribution is 0.363. The molecule has 0 aliphatic heterocycles. The summed E-state index contributed by atoms with van der Waals surface area (Å²) in [5, 5.41) is 4.98. The van der Waals surface area contributed by atoms with Crippen LogP contribution >= 0.6 is 22.9 Å². The smallest absolute Gasteiger partial charge is 0.291 e. The highest BCUT2D eigenvalue weighted by molar-refractivity contribution is 7.15. The van der Waals surface area contributed by atoms with Gasteiger partial charge in [0.25, 0.3) is 5.56 Å². The molecule has 0 saturated carbocycles. The first kappa shape index (κ1) is 20.2. The second kappa shape index (κ2) is 8.45. The highest BCUT2D eigenvalue weighted by Gasteiger charge is 2.13. The normalized spacial score (nSPS) is 11.8. The van der Waals surface area contributed by atoms with Gasteiger partial charge in [-0.25, -0.2) is 0 Å². The Balaban J connectivity index is 1.45. The molecule has 0 bridgehead atoms. The number of aromatic nitrogens is 3. The van der Waals surface area contributed by atoms with Gasteiger partial charge >= 0.3 is 0 Å². The lowest BCUT2D eigenvalue weighted by Crippen LogP contribution is -2.23. The van der Waals surface area contributed by atoms with Crippen molar-refractivity contribution in [2.24, 2.45) is 0 Å². The van der Waals surface area contributed by atoms with Gasteiger partial charge in [0.05, 0.1) is 5.02 Å². The van der Waals surface area contributed by atoms with E-state index in [2.05, 4.69) is 16.7 Å². The van der Waals surface area contributed by atoms with Gasteiger partial charge in [-0.2, -0.15) is 9.50 Å². The summed E-state index contributed by atoms with van der Waals surface area (Å²) in [5.74, 6) is 2.40. The Morgan fingerprint density at radius 2 is 1.94 bits per heavy atom. The molecule has 0 N–H and O–H groups in total. The van der Waals surface area contributed by atoms with E-state index in [-0.39, 0.29) is 5.56 Å². The van der Waals surface area contributed by atoms with Crippen molar-refractivity contribution in [3.05, 3.63) is 99.0 Å². The Bertz CT molecular complexity index is 1530. The predicted molar refractivity (Wildman–Crippen MR) is 126 cm³/mol. The van der Waals surface area contributed by atoms with E-state index >= 15 is 0 Å². The van der Waals surface area contributed by atoms with Crippen molar-refractivity contribution in [1.82, 2.24) is 14.6 Å². The first-order chi connectivity index (χ1) is 15.6. The SMILES string of the molecule is C=CCOc1ccc(-c2nc3s/c(=C/c4ccc(-c5ccccc5Cl)o4)c(=O)n3n2)cc1. The highest BCUT2D eigenvalue weighted by atomic mass is 35.5. The molecule has 3 heterocycles. The maximum absolute atomic E-state index is 12.8. The van der Waals surface area contributed by atoms with E-state index in [1.54, 1.807) is 24.3 Å². The van der Waals surface area contributed by atoms with Crippen molar-refractivity contribution in [3.8, 4) is 28.5 Å². The van der Waals surface area contributed by atoms with Gasteiger partial charge in [-0.05, 0) is 48.5 Å². The van der Waals surface area contributed by atoms with E-state index in [9.17, 15) is 4.79 Å². The lowest BCUT2D eigenvalue weighted by Gasteiger charge is -2.02. The summed E-state index contributed by atoms with van der Waals surface area (Å²) in [6, 6.07) is 18.4. The van der Waals surface area contributed by atoms with Gasteiger partial charge < -0.3 is 9.15 Å². The minimum absolute atomic E-state index is 0.245. The summed E-state index contributed by atoms with van der Waals surface area (Å²) in [7, 11) is 0. The molecule has 8 heteroatoms. The molecule has 0 unspecified atom stereocenters. The van der Waals surface area contributed by atoms with Crippen LogP contribution in [0.3, 0.4) is 0 Å².